The van der Waals surface area contributed by atoms with Crippen LogP contribution in [0.2, 0.25) is 0 Å². The van der Waals surface area contributed by atoms with Crippen molar-refractivity contribution in [1.29, 1.82) is 0 Å². The standard InChI is InChI=1S/C16H19NO3/c1-12(16(18)19)14-7-5-13(6-8-14)10-17(2)11-15-4-3-9-20-15/h3-9,12H,10-11H2,1-2H3,(H,18,19). The van der Waals surface area contributed by atoms with Crippen LogP contribution >= 0.6 is 0 Å². The Balaban J connectivity index is 1.95. The van der Waals surface area contributed by atoms with Gasteiger partial charge in [-0.2, -0.15) is 0 Å². The Kier molecular flexibility index (Phi) is 4.58. The van der Waals surface area contributed by atoms with Crippen LogP contribution < -0.4 is 0 Å². The normalized spacial score (nSPS) is 12.6. The summed E-state index contributed by atoms with van der Waals surface area (Å²) in [4.78, 5) is 13.1. The second-order valence-electron chi connectivity index (χ2n) is 5.05. The molecule has 0 amide bonds. The van der Waals surface area contributed by atoms with Gasteiger partial charge < -0.3 is 9.52 Å². The van der Waals surface area contributed by atoms with E-state index in [0.717, 1.165) is 30.0 Å². The Morgan fingerprint density at radius 2 is 1.95 bits per heavy atom. The molecule has 1 N–H and O–H groups in total. The van der Waals surface area contributed by atoms with Crippen LogP contribution in [0.4, 0.5) is 0 Å². The summed E-state index contributed by atoms with van der Waals surface area (Å²) < 4.78 is 5.31. The molecule has 0 spiro atoms. The number of nitrogens with zero attached hydrogens (tertiary/aromatic N) is 1. The maximum Gasteiger partial charge on any atom is 0.310 e. The molecule has 0 saturated heterocycles. The first-order valence-corrected chi connectivity index (χ1v) is 6.59. The van der Waals surface area contributed by atoms with Gasteiger partial charge in [-0.25, -0.2) is 0 Å². The van der Waals surface area contributed by atoms with E-state index >= 15 is 0 Å². The van der Waals surface area contributed by atoms with Crippen LogP contribution in [0.15, 0.2) is 47.1 Å². The lowest BCUT2D eigenvalue weighted by atomic mass is 10.00. The van der Waals surface area contributed by atoms with E-state index in [1.54, 1.807) is 13.2 Å². The summed E-state index contributed by atoms with van der Waals surface area (Å²) in [5.41, 5.74) is 1.98. The van der Waals surface area contributed by atoms with Gasteiger partial charge in [0, 0.05) is 6.54 Å². The van der Waals surface area contributed by atoms with Crippen LogP contribution in [0.1, 0.15) is 29.7 Å². The fourth-order valence-corrected chi connectivity index (χ4v) is 2.09. The van der Waals surface area contributed by atoms with Crippen molar-refractivity contribution in [2.45, 2.75) is 25.9 Å². The molecular formula is C16H19NO3. The van der Waals surface area contributed by atoms with Crippen molar-refractivity contribution < 1.29 is 14.3 Å². The van der Waals surface area contributed by atoms with Crippen LogP contribution in [0.3, 0.4) is 0 Å². The highest BCUT2D eigenvalue weighted by atomic mass is 16.4. The summed E-state index contributed by atoms with van der Waals surface area (Å²) in [7, 11) is 2.02. The SMILES string of the molecule is CC(C(=O)O)c1ccc(CN(C)Cc2ccco2)cc1. The third-order valence-corrected chi connectivity index (χ3v) is 3.31. The second kappa shape index (κ2) is 6.39. The molecule has 1 unspecified atom stereocenters. The van der Waals surface area contributed by atoms with Crippen LogP contribution in [0.25, 0.3) is 0 Å². The van der Waals surface area contributed by atoms with Gasteiger partial charge in [0.25, 0.3) is 0 Å². The predicted octanol–water partition coefficient (Wildman–Crippen LogP) is 3.10. The summed E-state index contributed by atoms with van der Waals surface area (Å²) in [5, 5.41) is 8.98. The second-order valence-corrected chi connectivity index (χ2v) is 5.05. The number of carboxylic acid groups (broad SMARTS) is 1. The predicted molar refractivity (Wildman–Crippen MR) is 76.4 cm³/mol. The van der Waals surface area contributed by atoms with Gasteiger partial charge in [0.15, 0.2) is 0 Å². The highest BCUT2D eigenvalue weighted by Gasteiger charge is 2.13. The van der Waals surface area contributed by atoms with Crippen molar-refractivity contribution in [1.82, 2.24) is 4.90 Å². The first-order valence-electron chi connectivity index (χ1n) is 6.59. The number of aliphatic carboxylic acids is 1. The largest absolute Gasteiger partial charge is 0.481 e. The minimum atomic E-state index is -0.798. The van der Waals surface area contributed by atoms with Gasteiger partial charge in [0.05, 0.1) is 18.7 Å². The lowest BCUT2D eigenvalue weighted by Gasteiger charge is -2.15. The number of hydrogen-bond donors (Lipinski definition) is 1. The van der Waals surface area contributed by atoms with Crippen LogP contribution in [0.5, 0.6) is 0 Å². The minimum Gasteiger partial charge on any atom is -0.481 e. The highest BCUT2D eigenvalue weighted by Crippen LogP contribution is 2.17. The van der Waals surface area contributed by atoms with Crippen LogP contribution in [-0.2, 0) is 17.9 Å². The van der Waals surface area contributed by atoms with E-state index in [4.69, 9.17) is 9.52 Å². The van der Waals surface area contributed by atoms with Gasteiger partial charge in [-0.3, -0.25) is 9.69 Å². The van der Waals surface area contributed by atoms with E-state index in [1.165, 1.54) is 0 Å². The van der Waals surface area contributed by atoms with Gasteiger partial charge in [-0.15, -0.1) is 0 Å². The van der Waals surface area contributed by atoms with Crippen LogP contribution in [-0.4, -0.2) is 23.0 Å². The molecule has 1 aromatic carbocycles. The minimum absolute atomic E-state index is 0.468. The number of rotatable bonds is 6. The first-order chi connectivity index (χ1) is 9.56. The molecule has 0 bridgehead atoms. The number of furan rings is 1. The molecule has 2 aromatic rings. The van der Waals surface area contributed by atoms with Crippen molar-refractivity contribution in [2.24, 2.45) is 0 Å². The Hall–Kier alpha value is -2.07. The molecule has 1 atom stereocenters. The average Bonchev–Trinajstić information content (AvgIpc) is 2.91. The van der Waals surface area contributed by atoms with E-state index in [-0.39, 0.29) is 0 Å². The fraction of sp³-hybridized carbons (Fsp3) is 0.312. The number of hydrogen-bond acceptors (Lipinski definition) is 3. The van der Waals surface area contributed by atoms with Crippen molar-refractivity contribution in [3.05, 3.63) is 59.5 Å². The molecule has 4 nitrogen and oxygen atoms in total. The summed E-state index contributed by atoms with van der Waals surface area (Å²) in [5.74, 6) is -0.332. The fourth-order valence-electron chi connectivity index (χ4n) is 2.09. The lowest BCUT2D eigenvalue weighted by Crippen LogP contribution is -2.17. The Morgan fingerprint density at radius 3 is 2.50 bits per heavy atom. The molecule has 0 saturated carbocycles. The average molecular weight is 273 g/mol. The molecule has 20 heavy (non-hydrogen) atoms. The highest BCUT2D eigenvalue weighted by molar-refractivity contribution is 5.75. The van der Waals surface area contributed by atoms with E-state index < -0.39 is 11.9 Å². The van der Waals surface area contributed by atoms with Crippen LogP contribution in [0, 0.1) is 0 Å². The molecule has 1 heterocycles. The monoisotopic (exact) mass is 273 g/mol. The number of carboxylic acids is 1. The molecule has 0 aliphatic heterocycles. The van der Waals surface area contributed by atoms with E-state index in [1.807, 2.05) is 43.4 Å². The topological polar surface area (TPSA) is 53.7 Å². The molecule has 0 aliphatic carbocycles. The number of carbonyl (C=O) groups is 1. The van der Waals surface area contributed by atoms with Crippen molar-refractivity contribution >= 4 is 5.97 Å². The third kappa shape index (κ3) is 3.71. The maximum atomic E-state index is 10.9. The summed E-state index contributed by atoms with van der Waals surface area (Å²) in [6.45, 7) is 3.24. The van der Waals surface area contributed by atoms with Gasteiger partial charge in [0.1, 0.15) is 5.76 Å². The van der Waals surface area contributed by atoms with Gasteiger partial charge >= 0.3 is 5.97 Å². The maximum absolute atomic E-state index is 10.9. The smallest absolute Gasteiger partial charge is 0.310 e. The molecule has 2 rings (SSSR count). The Morgan fingerprint density at radius 1 is 1.25 bits per heavy atom. The Bertz CT molecular complexity index is 546. The summed E-state index contributed by atoms with van der Waals surface area (Å²) in [6, 6.07) is 11.6. The molecule has 106 valence electrons. The molecular weight excluding hydrogens is 254 g/mol. The van der Waals surface area contributed by atoms with Gasteiger partial charge in [-0.05, 0) is 37.2 Å². The van der Waals surface area contributed by atoms with E-state index in [0.29, 0.717) is 0 Å². The van der Waals surface area contributed by atoms with Crippen molar-refractivity contribution in [2.75, 3.05) is 7.05 Å². The van der Waals surface area contributed by atoms with Gasteiger partial charge in [-0.1, -0.05) is 24.3 Å². The quantitative estimate of drug-likeness (QED) is 0.878. The zero-order chi connectivity index (χ0) is 14.5. The zero-order valence-corrected chi connectivity index (χ0v) is 11.7. The lowest BCUT2D eigenvalue weighted by molar-refractivity contribution is -0.138. The molecule has 0 radical (unpaired) electrons. The summed E-state index contributed by atoms with van der Waals surface area (Å²) >= 11 is 0. The Labute approximate surface area is 118 Å². The van der Waals surface area contributed by atoms with Crippen molar-refractivity contribution in [3.63, 3.8) is 0 Å². The number of benzene rings is 1. The van der Waals surface area contributed by atoms with E-state index in [2.05, 4.69) is 4.90 Å². The van der Waals surface area contributed by atoms with E-state index in [9.17, 15) is 4.79 Å². The molecule has 1 aromatic heterocycles. The van der Waals surface area contributed by atoms with Crippen molar-refractivity contribution in [3.8, 4) is 0 Å². The third-order valence-electron chi connectivity index (χ3n) is 3.31. The first kappa shape index (κ1) is 14.3. The van der Waals surface area contributed by atoms with Gasteiger partial charge in [0.2, 0.25) is 0 Å². The molecule has 0 fully saturated rings. The summed E-state index contributed by atoms with van der Waals surface area (Å²) in [6.07, 6.45) is 1.67. The molecule has 4 heteroatoms. The zero-order valence-electron chi connectivity index (χ0n) is 11.7. The molecule has 0 aliphatic rings.